The van der Waals surface area contributed by atoms with Crippen molar-refractivity contribution >= 4 is 5.78 Å². The average Bonchev–Trinajstić information content (AvgIpc) is 2.71. The van der Waals surface area contributed by atoms with Crippen LogP contribution < -0.4 is 5.32 Å². The topological polar surface area (TPSA) is 46.9 Å². The Morgan fingerprint density at radius 1 is 1.18 bits per heavy atom. The van der Waals surface area contributed by atoms with E-state index in [1.807, 2.05) is 24.3 Å². The van der Waals surface area contributed by atoms with E-state index in [0.29, 0.717) is 6.04 Å². The highest BCUT2D eigenvalue weighted by Gasteiger charge is 2.21. The van der Waals surface area contributed by atoms with Crippen LogP contribution in [0.2, 0.25) is 0 Å². The fourth-order valence-electron chi connectivity index (χ4n) is 3.07. The number of hydrogen-bond acceptors (Lipinski definition) is 3. The van der Waals surface area contributed by atoms with Crippen LogP contribution in [0.4, 0.5) is 0 Å². The third kappa shape index (κ3) is 2.71. The minimum atomic E-state index is 0.104. The van der Waals surface area contributed by atoms with Gasteiger partial charge in [0.1, 0.15) is 0 Å². The first-order valence-electron chi connectivity index (χ1n) is 8.00. The van der Waals surface area contributed by atoms with E-state index >= 15 is 0 Å². The van der Waals surface area contributed by atoms with Crippen LogP contribution >= 0.6 is 0 Å². The molecule has 1 aliphatic heterocycles. The zero-order valence-electron chi connectivity index (χ0n) is 13.5. The summed E-state index contributed by atoms with van der Waals surface area (Å²) < 4.78 is 2.14. The predicted octanol–water partition coefficient (Wildman–Crippen LogP) is 3.02. The molecule has 4 heteroatoms. The van der Waals surface area contributed by atoms with Gasteiger partial charge in [-0.25, -0.2) is 0 Å². The molecule has 0 bridgehead atoms. The van der Waals surface area contributed by atoms with E-state index in [0.717, 1.165) is 37.1 Å². The molecule has 2 aromatic rings. The van der Waals surface area contributed by atoms with Crippen LogP contribution in [-0.2, 0) is 12.8 Å². The molecular weight excluding hydrogens is 274 g/mol. The van der Waals surface area contributed by atoms with Crippen molar-refractivity contribution < 1.29 is 4.79 Å². The molecule has 0 amide bonds. The number of carbonyl (C=O) groups is 1. The van der Waals surface area contributed by atoms with Crippen molar-refractivity contribution in [2.45, 2.75) is 39.7 Å². The molecule has 1 aromatic heterocycles. The summed E-state index contributed by atoms with van der Waals surface area (Å²) in [5.41, 5.74) is 5.68. The number of carbonyl (C=O) groups excluding carboxylic acids is 1. The second-order valence-electron chi connectivity index (χ2n) is 6.20. The van der Waals surface area contributed by atoms with Crippen LogP contribution in [0.25, 0.3) is 11.3 Å². The number of nitrogens with one attached hydrogen (secondary N) is 1. The molecule has 0 radical (unpaired) electrons. The number of fused-ring (bicyclic) bond motifs is 1. The maximum Gasteiger partial charge on any atom is 0.159 e. The van der Waals surface area contributed by atoms with Gasteiger partial charge >= 0.3 is 0 Å². The van der Waals surface area contributed by atoms with Gasteiger partial charge in [0.15, 0.2) is 5.78 Å². The molecule has 3 rings (SSSR count). The Kier molecular flexibility index (Phi) is 4.12. The zero-order chi connectivity index (χ0) is 15.7. The maximum absolute atomic E-state index is 11.5. The Bertz CT molecular complexity index is 683. The normalized spacial score (nSPS) is 14.7. The number of Topliss-reactive ketones (excluding diaryl/α,β-unsaturated/α-hetero) is 1. The quantitative estimate of drug-likeness (QED) is 0.886. The molecule has 0 saturated heterocycles. The van der Waals surface area contributed by atoms with E-state index in [9.17, 15) is 4.79 Å². The summed E-state index contributed by atoms with van der Waals surface area (Å²) in [5, 5.41) is 8.29. The molecule has 0 atom stereocenters. The number of ketones is 1. The van der Waals surface area contributed by atoms with Gasteiger partial charge in [-0.3, -0.25) is 9.48 Å². The molecule has 1 aliphatic rings. The summed E-state index contributed by atoms with van der Waals surface area (Å²) in [5.74, 6) is 0.104. The predicted molar refractivity (Wildman–Crippen MR) is 88.3 cm³/mol. The number of hydrogen-bond donors (Lipinski definition) is 1. The zero-order valence-corrected chi connectivity index (χ0v) is 13.5. The van der Waals surface area contributed by atoms with Crippen LogP contribution in [0.15, 0.2) is 24.3 Å². The van der Waals surface area contributed by atoms with Gasteiger partial charge in [-0.15, -0.1) is 0 Å². The van der Waals surface area contributed by atoms with Crippen molar-refractivity contribution in [2.75, 3.05) is 13.1 Å². The second-order valence-corrected chi connectivity index (χ2v) is 6.20. The molecule has 0 spiro atoms. The van der Waals surface area contributed by atoms with Crippen molar-refractivity contribution in [3.63, 3.8) is 0 Å². The van der Waals surface area contributed by atoms with Crippen molar-refractivity contribution in [2.24, 2.45) is 0 Å². The van der Waals surface area contributed by atoms with Gasteiger partial charge in [-0.05, 0) is 33.7 Å². The lowest BCUT2D eigenvalue weighted by molar-refractivity contribution is 0.101. The number of benzene rings is 1. The molecule has 116 valence electrons. The summed E-state index contributed by atoms with van der Waals surface area (Å²) in [7, 11) is 0. The van der Waals surface area contributed by atoms with E-state index in [4.69, 9.17) is 5.10 Å². The molecular formula is C18H23N3O. The minimum absolute atomic E-state index is 0.104. The molecule has 4 nitrogen and oxygen atoms in total. The summed E-state index contributed by atoms with van der Waals surface area (Å²) >= 11 is 0. The van der Waals surface area contributed by atoms with E-state index < -0.39 is 0 Å². The Morgan fingerprint density at radius 2 is 1.86 bits per heavy atom. The van der Waals surface area contributed by atoms with Gasteiger partial charge in [0.25, 0.3) is 0 Å². The smallest absolute Gasteiger partial charge is 0.159 e. The third-order valence-corrected chi connectivity index (χ3v) is 4.24. The van der Waals surface area contributed by atoms with Gasteiger partial charge in [0, 0.05) is 35.7 Å². The van der Waals surface area contributed by atoms with Gasteiger partial charge in [0.2, 0.25) is 0 Å². The van der Waals surface area contributed by atoms with Gasteiger partial charge < -0.3 is 5.32 Å². The first kappa shape index (κ1) is 15.0. The molecule has 2 heterocycles. The standard InChI is InChI=1S/C18H23N3O/c1-12(2)21-18(15-6-4-14(5-7-15)13(3)22)16-8-10-19-11-9-17(16)20-21/h4-7,12,19H,8-11H2,1-3H3. The Hall–Kier alpha value is -1.94. The van der Waals surface area contributed by atoms with E-state index in [2.05, 4.69) is 23.8 Å². The number of rotatable bonds is 3. The van der Waals surface area contributed by atoms with Crippen molar-refractivity contribution in [1.29, 1.82) is 0 Å². The SMILES string of the molecule is CC(=O)c1ccc(-c2c3c(nn2C(C)C)CCNCC3)cc1. The monoisotopic (exact) mass is 297 g/mol. The fraction of sp³-hybridized carbons (Fsp3) is 0.444. The van der Waals surface area contributed by atoms with Crippen molar-refractivity contribution in [3.05, 3.63) is 41.1 Å². The van der Waals surface area contributed by atoms with Gasteiger partial charge in [-0.2, -0.15) is 5.10 Å². The summed E-state index contributed by atoms with van der Waals surface area (Å²) in [6.07, 6.45) is 1.99. The summed E-state index contributed by atoms with van der Waals surface area (Å²) in [6, 6.07) is 8.24. The maximum atomic E-state index is 11.5. The highest BCUT2D eigenvalue weighted by atomic mass is 16.1. The second kappa shape index (κ2) is 6.05. The lowest BCUT2D eigenvalue weighted by atomic mass is 10.0. The van der Waals surface area contributed by atoms with Crippen LogP contribution in [0, 0.1) is 0 Å². The molecule has 1 N–H and O–H groups in total. The van der Waals surface area contributed by atoms with Crippen molar-refractivity contribution in [1.82, 2.24) is 15.1 Å². The molecule has 0 unspecified atom stereocenters. The van der Waals surface area contributed by atoms with Crippen LogP contribution in [0.1, 0.15) is 48.4 Å². The highest BCUT2D eigenvalue weighted by molar-refractivity contribution is 5.94. The summed E-state index contributed by atoms with van der Waals surface area (Å²) in [4.78, 5) is 11.5. The van der Waals surface area contributed by atoms with Crippen LogP contribution in [-0.4, -0.2) is 28.7 Å². The molecule has 22 heavy (non-hydrogen) atoms. The van der Waals surface area contributed by atoms with Gasteiger partial charge in [0.05, 0.1) is 11.4 Å². The first-order chi connectivity index (χ1) is 10.6. The van der Waals surface area contributed by atoms with Gasteiger partial charge in [-0.1, -0.05) is 24.3 Å². The Labute approximate surface area is 131 Å². The van der Waals surface area contributed by atoms with E-state index in [1.165, 1.54) is 17.0 Å². The van der Waals surface area contributed by atoms with E-state index in [1.54, 1.807) is 6.92 Å². The highest BCUT2D eigenvalue weighted by Crippen LogP contribution is 2.30. The molecule has 0 fully saturated rings. The summed E-state index contributed by atoms with van der Waals surface area (Å²) in [6.45, 7) is 7.92. The van der Waals surface area contributed by atoms with Crippen LogP contribution in [0.5, 0.6) is 0 Å². The molecule has 0 saturated carbocycles. The van der Waals surface area contributed by atoms with Crippen LogP contribution in [0.3, 0.4) is 0 Å². The number of aromatic nitrogens is 2. The largest absolute Gasteiger partial charge is 0.316 e. The first-order valence-corrected chi connectivity index (χ1v) is 8.00. The molecule has 0 aliphatic carbocycles. The lowest BCUT2D eigenvalue weighted by Crippen LogP contribution is -2.17. The fourth-order valence-corrected chi connectivity index (χ4v) is 3.07. The lowest BCUT2D eigenvalue weighted by Gasteiger charge is -2.13. The Morgan fingerprint density at radius 3 is 2.50 bits per heavy atom. The van der Waals surface area contributed by atoms with Crippen molar-refractivity contribution in [3.8, 4) is 11.3 Å². The van der Waals surface area contributed by atoms with E-state index in [-0.39, 0.29) is 5.78 Å². The average molecular weight is 297 g/mol. The minimum Gasteiger partial charge on any atom is -0.316 e. The third-order valence-electron chi connectivity index (χ3n) is 4.24. The molecule has 1 aromatic carbocycles. The number of nitrogens with zero attached hydrogens (tertiary/aromatic N) is 2. The Balaban J connectivity index is 2.11.